The lowest BCUT2D eigenvalue weighted by molar-refractivity contribution is 0.321. The van der Waals surface area contributed by atoms with E-state index >= 15 is 0 Å². The van der Waals surface area contributed by atoms with Crippen LogP contribution in [0.15, 0.2) is 12.3 Å². The summed E-state index contributed by atoms with van der Waals surface area (Å²) >= 11 is 0. The van der Waals surface area contributed by atoms with Crippen LogP contribution in [0, 0.1) is 0 Å². The number of hydrogen-bond donors (Lipinski definition) is 3. The van der Waals surface area contributed by atoms with Gasteiger partial charge in [-0.25, -0.2) is 4.68 Å². The molecule has 0 spiro atoms. The van der Waals surface area contributed by atoms with E-state index in [-0.39, 0.29) is 6.04 Å². The summed E-state index contributed by atoms with van der Waals surface area (Å²) in [5, 5.41) is 10.9. The summed E-state index contributed by atoms with van der Waals surface area (Å²) in [6.07, 6.45) is 2.82. The summed E-state index contributed by atoms with van der Waals surface area (Å²) in [6, 6.07) is 2.77. The highest BCUT2D eigenvalue weighted by molar-refractivity contribution is 5.34. The maximum Gasteiger partial charge on any atom is 0.124 e. The summed E-state index contributed by atoms with van der Waals surface area (Å²) in [7, 11) is 0. The topological polar surface area (TPSA) is 67.9 Å². The quantitative estimate of drug-likeness (QED) is 0.647. The predicted molar refractivity (Wildman–Crippen MR) is 60.9 cm³/mol. The normalized spacial score (nSPS) is 18.5. The van der Waals surface area contributed by atoms with Gasteiger partial charge in [0, 0.05) is 31.7 Å². The molecule has 1 aliphatic heterocycles. The van der Waals surface area contributed by atoms with Gasteiger partial charge in [-0.05, 0) is 13.3 Å². The van der Waals surface area contributed by atoms with Crippen LogP contribution in [0.1, 0.15) is 19.4 Å². The second-order valence-corrected chi connectivity index (χ2v) is 4.17. The van der Waals surface area contributed by atoms with Crippen molar-refractivity contribution in [2.75, 3.05) is 25.0 Å². The van der Waals surface area contributed by atoms with Crippen LogP contribution in [0.5, 0.6) is 0 Å². The van der Waals surface area contributed by atoms with Crippen LogP contribution in [0.3, 0.4) is 0 Å². The van der Waals surface area contributed by atoms with Gasteiger partial charge < -0.3 is 16.4 Å². The second kappa shape index (κ2) is 4.63. The Morgan fingerprint density at radius 1 is 1.73 bits per heavy atom. The van der Waals surface area contributed by atoms with E-state index in [2.05, 4.69) is 20.4 Å². The van der Waals surface area contributed by atoms with Gasteiger partial charge in [-0.1, -0.05) is 0 Å². The molecule has 84 valence electrons. The molecule has 0 amide bonds. The van der Waals surface area contributed by atoms with E-state index in [1.165, 1.54) is 0 Å². The van der Waals surface area contributed by atoms with Crippen LogP contribution in [0.25, 0.3) is 0 Å². The van der Waals surface area contributed by atoms with Gasteiger partial charge >= 0.3 is 0 Å². The molecule has 0 saturated carbocycles. The number of nitrogens with zero attached hydrogens (tertiary/aromatic N) is 2. The van der Waals surface area contributed by atoms with Crippen molar-refractivity contribution in [1.29, 1.82) is 0 Å². The Labute approximate surface area is 90.0 Å². The minimum atomic E-state index is 0.249. The molecule has 1 fully saturated rings. The molecular weight excluding hydrogens is 190 g/mol. The molecule has 1 atom stereocenters. The molecule has 0 bridgehead atoms. The third-order valence-corrected chi connectivity index (χ3v) is 2.68. The standard InChI is InChI=1S/C10H19N5/c1-8(11)2-4-13-10-3-5-14-15(10)9-6-12-7-9/h3,5,8-9,12-13H,2,4,6-7,11H2,1H3/t8-/m1/s1. The number of hydrogen-bond acceptors (Lipinski definition) is 4. The lowest BCUT2D eigenvalue weighted by atomic mass is 10.2. The fraction of sp³-hybridized carbons (Fsp3) is 0.700. The highest BCUT2D eigenvalue weighted by atomic mass is 15.4. The van der Waals surface area contributed by atoms with Crippen molar-refractivity contribution in [3.63, 3.8) is 0 Å². The zero-order chi connectivity index (χ0) is 10.7. The summed E-state index contributed by atoms with van der Waals surface area (Å²) in [6.45, 7) is 4.96. The second-order valence-electron chi connectivity index (χ2n) is 4.17. The third-order valence-electron chi connectivity index (χ3n) is 2.68. The van der Waals surface area contributed by atoms with E-state index < -0.39 is 0 Å². The first-order chi connectivity index (χ1) is 7.27. The van der Waals surface area contributed by atoms with Crippen molar-refractivity contribution in [2.24, 2.45) is 5.73 Å². The number of nitrogens with one attached hydrogen (secondary N) is 2. The van der Waals surface area contributed by atoms with E-state index in [0.717, 1.165) is 31.9 Å². The number of nitrogens with two attached hydrogens (primary N) is 1. The first kappa shape index (κ1) is 10.4. The molecule has 1 saturated heterocycles. The van der Waals surface area contributed by atoms with E-state index in [0.29, 0.717) is 6.04 Å². The van der Waals surface area contributed by atoms with Crippen LogP contribution in [0.2, 0.25) is 0 Å². The average molecular weight is 209 g/mol. The van der Waals surface area contributed by atoms with Gasteiger partial charge in [0.1, 0.15) is 5.82 Å². The highest BCUT2D eigenvalue weighted by Crippen LogP contribution is 2.17. The molecule has 2 rings (SSSR count). The first-order valence-electron chi connectivity index (χ1n) is 5.51. The molecule has 4 N–H and O–H groups in total. The van der Waals surface area contributed by atoms with Crippen molar-refractivity contribution in [3.8, 4) is 0 Å². The SMILES string of the molecule is C[C@@H](N)CCNc1ccnn1C1CNC1. The van der Waals surface area contributed by atoms with Gasteiger partial charge in [0.05, 0.1) is 12.2 Å². The highest BCUT2D eigenvalue weighted by Gasteiger charge is 2.21. The summed E-state index contributed by atoms with van der Waals surface area (Å²) in [5.41, 5.74) is 5.69. The minimum absolute atomic E-state index is 0.249. The van der Waals surface area contributed by atoms with E-state index in [9.17, 15) is 0 Å². The van der Waals surface area contributed by atoms with Crippen molar-refractivity contribution in [2.45, 2.75) is 25.4 Å². The van der Waals surface area contributed by atoms with Crippen molar-refractivity contribution in [3.05, 3.63) is 12.3 Å². The molecule has 2 heterocycles. The summed E-state index contributed by atoms with van der Waals surface area (Å²) < 4.78 is 2.05. The smallest absolute Gasteiger partial charge is 0.124 e. The zero-order valence-electron chi connectivity index (χ0n) is 9.11. The van der Waals surface area contributed by atoms with Gasteiger partial charge in [-0.2, -0.15) is 5.10 Å². The molecule has 1 aromatic heterocycles. The molecule has 0 unspecified atom stereocenters. The largest absolute Gasteiger partial charge is 0.370 e. The molecule has 0 aromatic carbocycles. The monoisotopic (exact) mass is 209 g/mol. The van der Waals surface area contributed by atoms with Gasteiger partial charge in [0.2, 0.25) is 0 Å². The molecule has 0 aliphatic carbocycles. The summed E-state index contributed by atoms with van der Waals surface area (Å²) in [4.78, 5) is 0. The number of anilines is 1. The summed E-state index contributed by atoms with van der Waals surface area (Å²) in [5.74, 6) is 1.10. The van der Waals surface area contributed by atoms with Crippen molar-refractivity contribution in [1.82, 2.24) is 15.1 Å². The van der Waals surface area contributed by atoms with Crippen molar-refractivity contribution < 1.29 is 0 Å². The molecule has 15 heavy (non-hydrogen) atoms. The Morgan fingerprint density at radius 2 is 2.53 bits per heavy atom. The van der Waals surface area contributed by atoms with Crippen LogP contribution in [0.4, 0.5) is 5.82 Å². The van der Waals surface area contributed by atoms with Crippen LogP contribution in [-0.4, -0.2) is 35.5 Å². The molecule has 1 aromatic rings. The maximum absolute atomic E-state index is 5.69. The predicted octanol–water partition coefficient (Wildman–Crippen LogP) is 0.177. The molecule has 1 aliphatic rings. The number of rotatable bonds is 5. The van der Waals surface area contributed by atoms with Gasteiger partial charge in [-0.15, -0.1) is 0 Å². The Bertz CT molecular complexity index is 303. The Balaban J connectivity index is 1.87. The average Bonchev–Trinajstić information content (AvgIpc) is 2.50. The third kappa shape index (κ3) is 2.49. The van der Waals surface area contributed by atoms with Gasteiger partial charge in [0.25, 0.3) is 0 Å². The zero-order valence-corrected chi connectivity index (χ0v) is 9.11. The molecule has 0 radical (unpaired) electrons. The number of aromatic nitrogens is 2. The maximum atomic E-state index is 5.69. The van der Waals surface area contributed by atoms with E-state index in [4.69, 9.17) is 5.73 Å². The fourth-order valence-corrected chi connectivity index (χ4v) is 1.62. The van der Waals surface area contributed by atoms with Crippen molar-refractivity contribution >= 4 is 5.82 Å². The van der Waals surface area contributed by atoms with Gasteiger partial charge in [0.15, 0.2) is 0 Å². The first-order valence-corrected chi connectivity index (χ1v) is 5.51. The Kier molecular flexibility index (Phi) is 3.23. The lowest BCUT2D eigenvalue weighted by Crippen LogP contribution is -2.44. The Hall–Kier alpha value is -1.07. The lowest BCUT2D eigenvalue weighted by Gasteiger charge is -2.29. The molecular formula is C10H19N5. The molecule has 5 heteroatoms. The van der Waals surface area contributed by atoms with Crippen LogP contribution >= 0.6 is 0 Å². The van der Waals surface area contributed by atoms with Gasteiger partial charge in [-0.3, -0.25) is 0 Å². The minimum Gasteiger partial charge on any atom is -0.370 e. The van der Waals surface area contributed by atoms with Crippen LogP contribution in [-0.2, 0) is 0 Å². The van der Waals surface area contributed by atoms with Crippen LogP contribution < -0.4 is 16.4 Å². The van der Waals surface area contributed by atoms with E-state index in [1.807, 2.05) is 19.2 Å². The molecule has 5 nitrogen and oxygen atoms in total. The Morgan fingerprint density at radius 3 is 3.13 bits per heavy atom. The van der Waals surface area contributed by atoms with E-state index in [1.54, 1.807) is 0 Å². The fourth-order valence-electron chi connectivity index (χ4n) is 1.62.